The van der Waals surface area contributed by atoms with Crippen LogP contribution in [0.15, 0.2) is 34.9 Å². The lowest BCUT2D eigenvalue weighted by molar-refractivity contribution is 0.0651. The summed E-state index contributed by atoms with van der Waals surface area (Å²) in [6.45, 7) is 0. The maximum atomic E-state index is 11.7. The molecule has 7 heteroatoms. The highest BCUT2D eigenvalue weighted by Gasteiger charge is 2.16. The lowest BCUT2D eigenvalue weighted by atomic mass is 10.3. The van der Waals surface area contributed by atoms with Gasteiger partial charge in [0.1, 0.15) is 0 Å². The van der Waals surface area contributed by atoms with E-state index in [-0.39, 0.29) is 5.69 Å². The minimum Gasteiger partial charge on any atom is -0.475 e. The summed E-state index contributed by atoms with van der Waals surface area (Å²) in [6, 6.07) is 7.57. The molecule has 1 aromatic carbocycles. The Morgan fingerprint density at radius 1 is 1.33 bits per heavy atom. The Balaban J connectivity index is 2.14. The number of aromatic nitrogens is 1. The van der Waals surface area contributed by atoms with Crippen molar-refractivity contribution in [3.63, 3.8) is 0 Å². The third-order valence-electron chi connectivity index (χ3n) is 2.04. The zero-order valence-corrected chi connectivity index (χ0v) is 9.64. The van der Waals surface area contributed by atoms with Crippen molar-refractivity contribution in [2.75, 3.05) is 5.32 Å². The summed E-state index contributed by atoms with van der Waals surface area (Å²) in [5.74, 6) is -2.26. The van der Waals surface area contributed by atoms with E-state index in [0.29, 0.717) is 10.7 Å². The zero-order chi connectivity index (χ0) is 13.1. The Kier molecular flexibility index (Phi) is 3.29. The van der Waals surface area contributed by atoms with Crippen molar-refractivity contribution in [1.82, 2.24) is 5.16 Å². The summed E-state index contributed by atoms with van der Waals surface area (Å²) in [5.41, 5.74) is 0.361. The van der Waals surface area contributed by atoms with Crippen LogP contribution in [0.2, 0.25) is 5.02 Å². The van der Waals surface area contributed by atoms with E-state index in [2.05, 4.69) is 15.0 Å². The molecule has 6 nitrogen and oxygen atoms in total. The van der Waals surface area contributed by atoms with Gasteiger partial charge in [-0.15, -0.1) is 0 Å². The summed E-state index contributed by atoms with van der Waals surface area (Å²) < 4.78 is 4.47. The van der Waals surface area contributed by atoms with E-state index < -0.39 is 17.6 Å². The lowest BCUT2D eigenvalue weighted by Crippen LogP contribution is -2.12. The molecule has 1 amide bonds. The van der Waals surface area contributed by atoms with Gasteiger partial charge in [0.15, 0.2) is 5.69 Å². The minimum atomic E-state index is -1.29. The van der Waals surface area contributed by atoms with E-state index in [1.807, 2.05) is 0 Å². The molecule has 0 saturated heterocycles. The number of nitrogens with zero attached hydrogens (tertiary/aromatic N) is 1. The maximum absolute atomic E-state index is 11.7. The van der Waals surface area contributed by atoms with E-state index in [0.717, 1.165) is 6.07 Å². The first-order valence-corrected chi connectivity index (χ1v) is 5.21. The van der Waals surface area contributed by atoms with E-state index in [9.17, 15) is 9.59 Å². The third-order valence-corrected chi connectivity index (χ3v) is 2.27. The van der Waals surface area contributed by atoms with Crippen molar-refractivity contribution in [3.05, 3.63) is 46.8 Å². The summed E-state index contributed by atoms with van der Waals surface area (Å²) in [7, 11) is 0. The van der Waals surface area contributed by atoms with Gasteiger partial charge in [-0.25, -0.2) is 4.79 Å². The van der Waals surface area contributed by atoms with Crippen molar-refractivity contribution in [2.24, 2.45) is 0 Å². The number of carbonyl (C=O) groups excluding carboxylic acids is 1. The van der Waals surface area contributed by atoms with Crippen LogP contribution in [0.5, 0.6) is 0 Å². The Morgan fingerprint density at radius 2 is 2.11 bits per heavy atom. The van der Waals surface area contributed by atoms with Gasteiger partial charge >= 0.3 is 5.97 Å². The topological polar surface area (TPSA) is 92.4 Å². The lowest BCUT2D eigenvalue weighted by Gasteiger charge is -2.02. The van der Waals surface area contributed by atoms with Crippen molar-refractivity contribution in [3.8, 4) is 0 Å². The molecule has 2 rings (SSSR count). The number of carboxylic acids is 1. The fourth-order valence-corrected chi connectivity index (χ4v) is 1.43. The van der Waals surface area contributed by atoms with Gasteiger partial charge in [0.2, 0.25) is 5.76 Å². The molecule has 1 aromatic heterocycles. The molecule has 0 unspecified atom stereocenters. The number of carboxylic acid groups (broad SMARTS) is 1. The molecule has 92 valence electrons. The van der Waals surface area contributed by atoms with Crippen molar-refractivity contribution in [2.45, 2.75) is 0 Å². The number of amides is 1. The van der Waals surface area contributed by atoms with Crippen molar-refractivity contribution >= 4 is 29.2 Å². The second-order valence-corrected chi connectivity index (χ2v) is 3.78. The molecular weight excluding hydrogens is 260 g/mol. The van der Waals surface area contributed by atoms with E-state index in [4.69, 9.17) is 16.7 Å². The SMILES string of the molecule is O=C(Nc1cccc(Cl)c1)c1cc(C(=O)O)on1. The van der Waals surface area contributed by atoms with Crippen LogP contribution in [0.3, 0.4) is 0 Å². The van der Waals surface area contributed by atoms with E-state index >= 15 is 0 Å². The molecule has 0 radical (unpaired) electrons. The summed E-state index contributed by atoms with van der Waals surface area (Å²) in [4.78, 5) is 22.2. The molecular formula is C11H7ClN2O4. The minimum absolute atomic E-state index is 0.118. The van der Waals surface area contributed by atoms with Gasteiger partial charge in [0.25, 0.3) is 5.91 Å². The molecule has 0 aliphatic carbocycles. The van der Waals surface area contributed by atoms with Gasteiger partial charge in [0, 0.05) is 16.8 Å². The number of aromatic carboxylic acids is 1. The quantitative estimate of drug-likeness (QED) is 0.889. The van der Waals surface area contributed by atoms with E-state index in [1.165, 1.54) is 0 Å². The zero-order valence-electron chi connectivity index (χ0n) is 8.88. The van der Waals surface area contributed by atoms with E-state index in [1.54, 1.807) is 24.3 Å². The third kappa shape index (κ3) is 2.67. The number of rotatable bonds is 3. The Bertz CT molecular complexity index is 609. The summed E-state index contributed by atoms with van der Waals surface area (Å²) in [6.07, 6.45) is 0. The average molecular weight is 267 g/mol. The first-order chi connectivity index (χ1) is 8.56. The van der Waals surface area contributed by atoms with Gasteiger partial charge in [-0.2, -0.15) is 0 Å². The highest BCUT2D eigenvalue weighted by Crippen LogP contribution is 2.15. The normalized spacial score (nSPS) is 10.1. The molecule has 2 N–H and O–H groups in total. The molecule has 0 saturated carbocycles. The standard InChI is InChI=1S/C11H7ClN2O4/c12-6-2-1-3-7(4-6)13-10(15)8-5-9(11(16)17)18-14-8/h1-5H,(H,13,15)(H,16,17). The molecule has 0 aliphatic rings. The highest BCUT2D eigenvalue weighted by molar-refractivity contribution is 6.30. The summed E-state index contributed by atoms with van der Waals surface area (Å²) >= 11 is 5.76. The number of halogens is 1. The maximum Gasteiger partial charge on any atom is 0.374 e. The van der Waals surface area contributed by atoms with Gasteiger partial charge < -0.3 is 14.9 Å². The van der Waals surface area contributed by atoms with Crippen LogP contribution in [0.4, 0.5) is 5.69 Å². The number of benzene rings is 1. The summed E-state index contributed by atoms with van der Waals surface area (Å²) in [5, 5.41) is 15.0. The van der Waals surface area contributed by atoms with Gasteiger partial charge in [-0.05, 0) is 18.2 Å². The molecule has 1 heterocycles. The largest absolute Gasteiger partial charge is 0.475 e. The van der Waals surface area contributed by atoms with Crippen LogP contribution in [0, 0.1) is 0 Å². The predicted molar refractivity (Wildman–Crippen MR) is 62.9 cm³/mol. The van der Waals surface area contributed by atoms with Gasteiger partial charge in [-0.3, -0.25) is 4.79 Å². The molecule has 0 atom stereocenters. The number of anilines is 1. The van der Waals surface area contributed by atoms with Crippen molar-refractivity contribution < 1.29 is 19.2 Å². The van der Waals surface area contributed by atoms with Crippen LogP contribution in [-0.4, -0.2) is 22.1 Å². The molecule has 0 bridgehead atoms. The number of hydrogen-bond acceptors (Lipinski definition) is 4. The van der Waals surface area contributed by atoms with Crippen LogP contribution in [0.25, 0.3) is 0 Å². The molecule has 18 heavy (non-hydrogen) atoms. The van der Waals surface area contributed by atoms with Gasteiger partial charge in [-0.1, -0.05) is 22.8 Å². The predicted octanol–water partition coefficient (Wildman–Crippen LogP) is 2.28. The Morgan fingerprint density at radius 3 is 2.72 bits per heavy atom. The number of nitrogens with one attached hydrogen (secondary N) is 1. The first kappa shape index (κ1) is 12.1. The first-order valence-electron chi connectivity index (χ1n) is 4.83. The molecule has 0 aliphatic heterocycles. The average Bonchev–Trinajstić information content (AvgIpc) is 2.78. The van der Waals surface area contributed by atoms with Crippen LogP contribution < -0.4 is 5.32 Å². The Labute approximate surface area is 106 Å². The molecule has 0 fully saturated rings. The Hall–Kier alpha value is -2.34. The fraction of sp³-hybridized carbons (Fsp3) is 0. The number of carbonyl (C=O) groups is 2. The monoisotopic (exact) mass is 266 g/mol. The number of hydrogen-bond donors (Lipinski definition) is 2. The molecule has 0 spiro atoms. The highest BCUT2D eigenvalue weighted by atomic mass is 35.5. The van der Waals surface area contributed by atoms with Crippen molar-refractivity contribution in [1.29, 1.82) is 0 Å². The second-order valence-electron chi connectivity index (χ2n) is 3.35. The fourth-order valence-electron chi connectivity index (χ4n) is 1.24. The smallest absolute Gasteiger partial charge is 0.374 e. The van der Waals surface area contributed by atoms with Crippen LogP contribution >= 0.6 is 11.6 Å². The molecule has 2 aromatic rings. The van der Waals surface area contributed by atoms with Crippen LogP contribution in [0.1, 0.15) is 21.0 Å². The van der Waals surface area contributed by atoms with Gasteiger partial charge in [0.05, 0.1) is 0 Å². The van der Waals surface area contributed by atoms with Crippen LogP contribution in [-0.2, 0) is 0 Å². The second kappa shape index (κ2) is 4.89.